The minimum atomic E-state index is -3.11. The fourth-order valence-corrected chi connectivity index (χ4v) is 8.44. The average Bonchev–Trinajstić information content (AvgIpc) is 3.04. The van der Waals surface area contributed by atoms with Gasteiger partial charge in [0.25, 0.3) is 11.5 Å². The van der Waals surface area contributed by atoms with Crippen LogP contribution in [0.1, 0.15) is 86.3 Å². The first-order valence-corrected chi connectivity index (χ1v) is 18.6. The number of aryl methyl sites for hydroxylation is 2. The number of nitrogens with one attached hydrogen (secondary N) is 1. The van der Waals surface area contributed by atoms with Gasteiger partial charge in [-0.1, -0.05) is 30.4 Å². The van der Waals surface area contributed by atoms with Gasteiger partial charge < -0.3 is 5.32 Å². The lowest BCUT2D eigenvalue weighted by atomic mass is 9.85. The van der Waals surface area contributed by atoms with Crippen molar-refractivity contribution in [2.24, 2.45) is 5.92 Å². The number of benzene rings is 1. The molecule has 0 radical (unpaired) electrons. The second-order valence-electron chi connectivity index (χ2n) is 13.1. The quantitative estimate of drug-likeness (QED) is 0.156. The van der Waals surface area contributed by atoms with E-state index in [-0.39, 0.29) is 34.6 Å². The van der Waals surface area contributed by atoms with Crippen LogP contribution in [0.3, 0.4) is 0 Å². The van der Waals surface area contributed by atoms with Gasteiger partial charge in [0.2, 0.25) is 0 Å². The van der Waals surface area contributed by atoms with Gasteiger partial charge in [0.1, 0.15) is 27.1 Å². The van der Waals surface area contributed by atoms with Crippen LogP contribution in [0.2, 0.25) is 0 Å². The van der Waals surface area contributed by atoms with Crippen LogP contribution < -0.4 is 10.9 Å². The van der Waals surface area contributed by atoms with Crippen molar-refractivity contribution in [3.63, 3.8) is 0 Å². The lowest BCUT2D eigenvalue weighted by Gasteiger charge is -2.35. The summed E-state index contributed by atoms with van der Waals surface area (Å²) < 4.78 is 57.7. The highest BCUT2D eigenvalue weighted by Gasteiger charge is 2.42. The topological polar surface area (TPSA) is 97.2 Å². The van der Waals surface area contributed by atoms with Crippen LogP contribution in [-0.2, 0) is 22.3 Å². The van der Waals surface area contributed by atoms with E-state index in [9.17, 15) is 13.2 Å². The first-order valence-electron chi connectivity index (χ1n) is 16.7. The van der Waals surface area contributed by atoms with Gasteiger partial charge in [-0.05, 0) is 95.5 Å². The van der Waals surface area contributed by atoms with Crippen LogP contribution >= 0.6 is 0 Å². The van der Waals surface area contributed by atoms with Crippen molar-refractivity contribution < 1.29 is 17.2 Å². The number of hydrogen-bond donors (Lipinski definition) is 1. The average molecular weight is 668 g/mol. The lowest BCUT2D eigenvalue weighted by molar-refractivity contribution is -0.0847. The van der Waals surface area contributed by atoms with E-state index in [1.54, 1.807) is 23.6 Å². The first-order chi connectivity index (χ1) is 22.4. The van der Waals surface area contributed by atoms with Gasteiger partial charge in [-0.15, -0.1) is 13.2 Å². The molecule has 0 spiro atoms. The SMILES string of the molecule is C=CCCCCn1c(=O)c(C2CCS(=O)(=O)CC2)cc2c(N[C@H](C)c3cccc(C(F)(F)C4CCN(CC=C)CC4)c3)nc(C)nc21. The summed E-state index contributed by atoms with van der Waals surface area (Å²) in [7, 11) is -3.11. The van der Waals surface area contributed by atoms with Crippen LogP contribution in [0, 0.1) is 12.8 Å². The van der Waals surface area contributed by atoms with Gasteiger partial charge in [0, 0.05) is 36.2 Å². The highest BCUT2D eigenvalue weighted by molar-refractivity contribution is 7.91. The Morgan fingerprint density at radius 2 is 1.79 bits per heavy atom. The molecule has 3 aromatic rings. The Bertz CT molecular complexity index is 1750. The summed E-state index contributed by atoms with van der Waals surface area (Å²) in [5.74, 6) is -2.79. The molecule has 2 aliphatic rings. The number of nitrogens with zero attached hydrogens (tertiary/aromatic N) is 4. The van der Waals surface area contributed by atoms with Gasteiger partial charge >= 0.3 is 0 Å². The Kier molecular flexibility index (Phi) is 11.0. The number of allylic oxidation sites excluding steroid dienone is 1. The highest BCUT2D eigenvalue weighted by atomic mass is 32.2. The summed E-state index contributed by atoms with van der Waals surface area (Å²) >= 11 is 0. The monoisotopic (exact) mass is 667 g/mol. The number of piperidine rings is 1. The number of aromatic nitrogens is 3. The van der Waals surface area contributed by atoms with Crippen LogP contribution in [0.15, 0.2) is 60.4 Å². The van der Waals surface area contributed by atoms with Crippen molar-refractivity contribution in [1.82, 2.24) is 19.4 Å². The van der Waals surface area contributed by atoms with E-state index in [1.807, 2.05) is 31.2 Å². The Morgan fingerprint density at radius 3 is 2.47 bits per heavy atom. The molecule has 0 bridgehead atoms. The summed E-state index contributed by atoms with van der Waals surface area (Å²) in [6, 6.07) is 8.06. The number of sulfone groups is 1. The van der Waals surface area contributed by atoms with Gasteiger partial charge in [-0.25, -0.2) is 27.2 Å². The molecule has 11 heteroatoms. The molecule has 0 amide bonds. The van der Waals surface area contributed by atoms with Crippen LogP contribution in [0.5, 0.6) is 0 Å². The molecule has 2 saturated heterocycles. The zero-order valence-corrected chi connectivity index (χ0v) is 28.4. The Balaban J connectivity index is 1.47. The molecule has 8 nitrogen and oxygen atoms in total. The molecule has 0 saturated carbocycles. The smallest absolute Gasteiger partial charge is 0.276 e. The molecule has 2 fully saturated rings. The van der Waals surface area contributed by atoms with E-state index in [0.29, 0.717) is 85.7 Å². The molecule has 0 aliphatic carbocycles. The zero-order chi connectivity index (χ0) is 33.8. The number of unbranched alkanes of at least 4 members (excludes halogenated alkanes) is 2. The maximum Gasteiger partial charge on any atom is 0.276 e. The van der Waals surface area contributed by atoms with E-state index in [2.05, 4.69) is 28.4 Å². The Hall–Kier alpha value is -3.44. The van der Waals surface area contributed by atoms with Crippen LogP contribution in [-0.4, -0.2) is 59.0 Å². The van der Waals surface area contributed by atoms with Gasteiger partial charge in [-0.3, -0.25) is 14.3 Å². The Labute approximate surface area is 276 Å². The molecule has 47 heavy (non-hydrogen) atoms. The molecular formula is C36H47F2N5O3S. The molecule has 1 N–H and O–H groups in total. The molecule has 254 valence electrons. The molecule has 2 aromatic heterocycles. The largest absolute Gasteiger partial charge is 0.363 e. The number of pyridine rings is 1. The van der Waals surface area contributed by atoms with Crippen molar-refractivity contribution in [2.75, 3.05) is 36.5 Å². The predicted molar refractivity (Wildman–Crippen MR) is 185 cm³/mol. The Morgan fingerprint density at radius 1 is 1.06 bits per heavy atom. The minimum absolute atomic E-state index is 0.0115. The molecular weight excluding hydrogens is 620 g/mol. The maximum atomic E-state index is 15.8. The third-order valence-electron chi connectivity index (χ3n) is 9.73. The van der Waals surface area contributed by atoms with Crippen molar-refractivity contribution in [1.29, 1.82) is 0 Å². The maximum absolute atomic E-state index is 15.8. The third kappa shape index (κ3) is 8.00. The fraction of sp³-hybridized carbons (Fsp3) is 0.528. The van der Waals surface area contributed by atoms with Gasteiger partial charge in [0.15, 0.2) is 0 Å². The van der Waals surface area contributed by atoms with Crippen molar-refractivity contribution >= 4 is 26.7 Å². The number of rotatable bonds is 13. The van der Waals surface area contributed by atoms with E-state index in [4.69, 9.17) is 4.98 Å². The number of likely N-dealkylation sites (tertiary alicyclic amines) is 1. The lowest BCUT2D eigenvalue weighted by Crippen LogP contribution is -2.39. The van der Waals surface area contributed by atoms with E-state index in [0.717, 1.165) is 19.3 Å². The second kappa shape index (κ2) is 14.8. The molecule has 4 heterocycles. The van der Waals surface area contributed by atoms with E-state index >= 15 is 8.78 Å². The van der Waals surface area contributed by atoms with Crippen molar-refractivity contribution in [2.45, 2.75) is 83.2 Å². The molecule has 1 atom stereocenters. The summed E-state index contributed by atoms with van der Waals surface area (Å²) in [5, 5.41) is 4.10. The van der Waals surface area contributed by atoms with Gasteiger partial charge in [0.05, 0.1) is 16.9 Å². The molecule has 1 aromatic carbocycles. The van der Waals surface area contributed by atoms with Crippen molar-refractivity contribution in [3.05, 3.63) is 88.5 Å². The number of fused-ring (bicyclic) bond motifs is 1. The fourth-order valence-electron chi connectivity index (χ4n) is 6.94. The zero-order valence-electron chi connectivity index (χ0n) is 27.6. The van der Waals surface area contributed by atoms with Crippen LogP contribution in [0.25, 0.3) is 11.0 Å². The van der Waals surface area contributed by atoms with Crippen LogP contribution in [0.4, 0.5) is 14.6 Å². The van der Waals surface area contributed by atoms with E-state index in [1.165, 1.54) is 6.07 Å². The number of alkyl halides is 2. The normalized spacial score (nSPS) is 18.6. The summed E-state index contributed by atoms with van der Waals surface area (Å²) in [4.78, 5) is 25.5. The standard InChI is InChI=1S/C36H47F2N5O3S/c1-5-7-8-9-18-43-34-32(24-31(35(43)44)27-15-21-47(45,46)22-16-27)33(40-26(4)41-34)39-25(3)28-11-10-12-30(23-28)36(37,38)29-13-19-42(17-6-2)20-14-29/h5-6,10-12,23-25,27,29H,1-2,7-9,13-22H2,3-4H3,(H,39,40,41)/t25-/m1/s1. The molecule has 0 unspecified atom stereocenters. The minimum Gasteiger partial charge on any atom is -0.363 e. The highest BCUT2D eigenvalue weighted by Crippen LogP contribution is 2.42. The summed E-state index contributed by atoms with van der Waals surface area (Å²) in [6.45, 7) is 13.7. The summed E-state index contributed by atoms with van der Waals surface area (Å²) in [5.41, 5.74) is 1.64. The van der Waals surface area contributed by atoms with E-state index < -0.39 is 21.7 Å². The summed E-state index contributed by atoms with van der Waals surface area (Å²) in [6.07, 6.45) is 7.74. The number of halogens is 2. The molecule has 2 aliphatic heterocycles. The first kappa shape index (κ1) is 34.9. The van der Waals surface area contributed by atoms with Gasteiger partial charge in [-0.2, -0.15) is 0 Å². The van der Waals surface area contributed by atoms with Crippen molar-refractivity contribution in [3.8, 4) is 0 Å². The number of hydrogen-bond acceptors (Lipinski definition) is 7. The number of anilines is 1. The second-order valence-corrected chi connectivity index (χ2v) is 15.4. The third-order valence-corrected chi connectivity index (χ3v) is 11.4. The predicted octanol–water partition coefficient (Wildman–Crippen LogP) is 6.91. The molecule has 5 rings (SSSR count).